The van der Waals surface area contributed by atoms with E-state index in [1.54, 1.807) is 24.3 Å². The zero-order valence-corrected chi connectivity index (χ0v) is 16.4. The van der Waals surface area contributed by atoms with E-state index in [-0.39, 0.29) is 15.7 Å². The Morgan fingerprint density at radius 2 is 1.67 bits per heavy atom. The number of aromatic nitrogens is 3. The Kier molecular flexibility index (Phi) is 5.67. The van der Waals surface area contributed by atoms with E-state index >= 15 is 0 Å². The molecule has 1 atom stereocenters. The predicted molar refractivity (Wildman–Crippen MR) is 106 cm³/mol. The first-order chi connectivity index (χ1) is 12.8. The van der Waals surface area contributed by atoms with Gasteiger partial charge >= 0.3 is 5.69 Å². The van der Waals surface area contributed by atoms with Gasteiger partial charge in [0, 0.05) is 31.7 Å². The summed E-state index contributed by atoms with van der Waals surface area (Å²) in [6.45, 7) is 0. The van der Waals surface area contributed by atoms with Crippen molar-refractivity contribution in [2.75, 3.05) is 0 Å². The van der Waals surface area contributed by atoms with Gasteiger partial charge in [0.05, 0.1) is 5.69 Å². The number of carbonyl (C=O) groups excluding carboxylic acids is 1. The molecule has 0 spiro atoms. The van der Waals surface area contributed by atoms with Crippen molar-refractivity contribution >= 4 is 52.5 Å². The van der Waals surface area contributed by atoms with Gasteiger partial charge in [-0.15, -0.1) is 0 Å². The lowest BCUT2D eigenvalue weighted by molar-refractivity contribution is -0.111. The highest BCUT2D eigenvalue weighted by Gasteiger charge is 2.22. The van der Waals surface area contributed by atoms with E-state index in [9.17, 15) is 14.4 Å². The van der Waals surface area contributed by atoms with Crippen LogP contribution in [-0.2, 0) is 17.4 Å². The van der Waals surface area contributed by atoms with Crippen molar-refractivity contribution in [3.8, 4) is 5.69 Å². The summed E-state index contributed by atoms with van der Waals surface area (Å²) in [5.41, 5.74) is -0.278. The van der Waals surface area contributed by atoms with Crippen molar-refractivity contribution in [3.63, 3.8) is 0 Å². The van der Waals surface area contributed by atoms with Crippen LogP contribution in [0.4, 0.5) is 0 Å². The minimum atomic E-state index is -0.883. The summed E-state index contributed by atoms with van der Waals surface area (Å²) >= 11 is 23.5. The molecule has 0 bridgehead atoms. The second kappa shape index (κ2) is 7.82. The fraction of sp³-hybridized carbons (Fsp3) is 0.0588. The monoisotopic (exact) mass is 440 g/mol. The number of carbonyl (C=O) groups is 1. The standard InChI is InChI=1S/C17H10Cl3N3O3S/c18-9-3-1-8(2-4-9)14(16(25)27)15-11(19)5-10(6-12(15)20)23-17(26)22-13(24)7-21-23/h1-7,14H,(H,25,27)(H,22,24,26)/p-1. The van der Waals surface area contributed by atoms with E-state index in [0.717, 1.165) is 10.9 Å². The Labute approximate surface area is 173 Å². The maximum atomic E-state index is 12.1. The lowest BCUT2D eigenvalue weighted by Crippen LogP contribution is -2.30. The van der Waals surface area contributed by atoms with E-state index in [0.29, 0.717) is 16.1 Å². The molecule has 3 rings (SSSR count). The summed E-state index contributed by atoms with van der Waals surface area (Å²) in [6, 6.07) is 9.40. The van der Waals surface area contributed by atoms with Crippen LogP contribution in [0.15, 0.2) is 52.2 Å². The molecule has 3 aromatic rings. The van der Waals surface area contributed by atoms with Crippen LogP contribution in [0.25, 0.3) is 5.69 Å². The molecule has 10 heteroatoms. The van der Waals surface area contributed by atoms with Gasteiger partial charge in [-0.25, -0.2) is 4.79 Å². The van der Waals surface area contributed by atoms with Gasteiger partial charge in [0.2, 0.25) is 0 Å². The molecular formula is C17H9Cl3N3O3S-. The number of nitrogens with zero attached hydrogens (tertiary/aromatic N) is 2. The molecule has 27 heavy (non-hydrogen) atoms. The van der Waals surface area contributed by atoms with E-state index in [1.165, 1.54) is 12.1 Å². The van der Waals surface area contributed by atoms with E-state index in [4.69, 9.17) is 47.4 Å². The molecule has 0 aliphatic carbocycles. The van der Waals surface area contributed by atoms with Crippen LogP contribution < -0.4 is 11.2 Å². The molecule has 0 fully saturated rings. The van der Waals surface area contributed by atoms with Crippen LogP contribution in [0, 0.1) is 0 Å². The molecule has 1 unspecified atom stereocenters. The Morgan fingerprint density at radius 3 is 2.19 bits per heavy atom. The molecule has 1 aromatic heterocycles. The second-order valence-corrected chi connectivity index (χ2v) is 7.13. The van der Waals surface area contributed by atoms with Crippen molar-refractivity contribution < 1.29 is 4.79 Å². The Balaban J connectivity index is 2.16. The van der Waals surface area contributed by atoms with Gasteiger partial charge in [0.15, 0.2) is 0 Å². The van der Waals surface area contributed by atoms with E-state index in [2.05, 4.69) is 10.1 Å². The van der Waals surface area contributed by atoms with Gasteiger partial charge in [-0.3, -0.25) is 9.78 Å². The molecule has 0 aliphatic rings. The number of halogens is 3. The molecule has 0 amide bonds. The lowest BCUT2D eigenvalue weighted by atomic mass is 9.92. The Hall–Kier alpha value is -2.19. The quantitative estimate of drug-likeness (QED) is 0.629. The van der Waals surface area contributed by atoms with Crippen LogP contribution in [0.2, 0.25) is 15.1 Å². The van der Waals surface area contributed by atoms with Gasteiger partial charge in [-0.05, 0) is 29.8 Å². The summed E-state index contributed by atoms with van der Waals surface area (Å²) in [6.07, 6.45) is 0.945. The molecule has 0 radical (unpaired) electrons. The first-order valence-electron chi connectivity index (χ1n) is 7.42. The SMILES string of the molecule is O=C([S-])C(c1ccc(Cl)cc1)c1c(Cl)cc(-n2ncc(=O)[nH]c2=O)cc1Cl. The van der Waals surface area contributed by atoms with Gasteiger partial charge in [-0.2, -0.15) is 9.78 Å². The van der Waals surface area contributed by atoms with Gasteiger partial charge in [0.25, 0.3) is 5.56 Å². The molecule has 1 heterocycles. The first-order valence-corrected chi connectivity index (χ1v) is 8.96. The number of rotatable bonds is 4. The first kappa shape index (κ1) is 19.6. The van der Waals surface area contributed by atoms with Crippen LogP contribution in [0.5, 0.6) is 0 Å². The minimum absolute atomic E-state index is 0.121. The average Bonchev–Trinajstić information content (AvgIpc) is 2.58. The zero-order valence-electron chi connectivity index (χ0n) is 13.3. The number of hydrogen-bond acceptors (Lipinski definition) is 5. The third kappa shape index (κ3) is 4.06. The second-order valence-electron chi connectivity index (χ2n) is 5.48. The van der Waals surface area contributed by atoms with Crippen LogP contribution in [-0.4, -0.2) is 19.9 Å². The van der Waals surface area contributed by atoms with Crippen molar-refractivity contribution in [1.29, 1.82) is 0 Å². The summed E-state index contributed by atoms with van der Waals surface area (Å²) in [4.78, 5) is 37.3. The molecule has 0 aliphatic heterocycles. The van der Waals surface area contributed by atoms with Crippen molar-refractivity contribution in [3.05, 3.63) is 89.6 Å². The third-order valence-corrected chi connectivity index (χ3v) is 4.86. The lowest BCUT2D eigenvalue weighted by Gasteiger charge is -2.23. The van der Waals surface area contributed by atoms with Crippen LogP contribution >= 0.6 is 34.8 Å². The molecule has 0 saturated heterocycles. The van der Waals surface area contributed by atoms with E-state index in [1.807, 2.05) is 0 Å². The molecule has 2 aromatic carbocycles. The average molecular weight is 442 g/mol. The summed E-state index contributed by atoms with van der Waals surface area (Å²) < 4.78 is 0.926. The normalized spacial score (nSPS) is 12.0. The predicted octanol–water partition coefficient (Wildman–Crippen LogP) is 3.09. The van der Waals surface area contributed by atoms with Gasteiger partial charge < -0.3 is 17.4 Å². The summed E-state index contributed by atoms with van der Waals surface area (Å²) in [7, 11) is 0. The number of benzene rings is 2. The third-order valence-electron chi connectivity index (χ3n) is 3.75. The van der Waals surface area contributed by atoms with Crippen molar-refractivity contribution in [2.45, 2.75) is 5.92 Å². The summed E-state index contributed by atoms with van der Waals surface area (Å²) in [5, 5.41) is 3.92. The largest absolute Gasteiger partial charge is 0.741 e. The topological polar surface area (TPSA) is 84.8 Å². The molecule has 6 nitrogen and oxygen atoms in total. The van der Waals surface area contributed by atoms with Crippen LogP contribution in [0.3, 0.4) is 0 Å². The fourth-order valence-corrected chi connectivity index (χ4v) is 3.66. The van der Waals surface area contributed by atoms with Crippen LogP contribution in [0.1, 0.15) is 17.0 Å². The van der Waals surface area contributed by atoms with Gasteiger partial charge in [0.1, 0.15) is 6.20 Å². The number of H-pyrrole nitrogens is 1. The number of aromatic amines is 1. The number of hydrogen-bond donors (Lipinski definition) is 1. The fourth-order valence-electron chi connectivity index (χ4n) is 2.58. The molecular weight excluding hydrogens is 433 g/mol. The van der Waals surface area contributed by atoms with Crippen molar-refractivity contribution in [2.24, 2.45) is 0 Å². The maximum absolute atomic E-state index is 12.1. The molecule has 0 saturated carbocycles. The van der Waals surface area contributed by atoms with E-state index < -0.39 is 22.3 Å². The Bertz CT molecular complexity index is 1120. The Morgan fingerprint density at radius 1 is 1.07 bits per heavy atom. The highest BCUT2D eigenvalue weighted by Crippen LogP contribution is 2.38. The minimum Gasteiger partial charge on any atom is -0.741 e. The zero-order chi connectivity index (χ0) is 19.7. The molecule has 138 valence electrons. The number of nitrogens with one attached hydrogen (secondary N) is 1. The smallest absolute Gasteiger partial charge is 0.349 e. The van der Waals surface area contributed by atoms with Crippen molar-refractivity contribution in [1.82, 2.24) is 14.8 Å². The highest BCUT2D eigenvalue weighted by atomic mass is 35.5. The molecule has 1 N–H and O–H groups in total. The highest BCUT2D eigenvalue weighted by molar-refractivity contribution is 7.77. The van der Waals surface area contributed by atoms with Gasteiger partial charge in [-0.1, -0.05) is 46.9 Å². The maximum Gasteiger partial charge on any atom is 0.349 e. The summed E-state index contributed by atoms with van der Waals surface area (Å²) in [5.74, 6) is -0.883.